The molecule has 1 aromatic rings. The van der Waals surface area contributed by atoms with Crippen LogP contribution in [0.1, 0.15) is 30.1 Å². The smallest absolute Gasteiger partial charge is 0.166 e. The van der Waals surface area contributed by atoms with Crippen LogP contribution in [0.2, 0.25) is 0 Å². The zero-order valence-corrected chi connectivity index (χ0v) is 10.4. The molecular weight excluding hydrogens is 287 g/mol. The van der Waals surface area contributed by atoms with Gasteiger partial charge in [0.2, 0.25) is 0 Å². The number of Topliss-reactive ketones (excluding diaryl/α,β-unsaturated/α-hetero) is 1. The first-order chi connectivity index (χ1) is 6.63. The SMILES string of the molecule is C=C(CC)CC(=O)c1cccc(I)c1. The lowest BCUT2D eigenvalue weighted by molar-refractivity contribution is 0.0992. The molecule has 0 aliphatic heterocycles. The molecule has 0 saturated heterocycles. The molecule has 1 rings (SSSR count). The maximum absolute atomic E-state index is 11.7. The van der Waals surface area contributed by atoms with E-state index < -0.39 is 0 Å². The van der Waals surface area contributed by atoms with Crippen LogP contribution in [0.25, 0.3) is 0 Å². The van der Waals surface area contributed by atoms with E-state index in [1.807, 2.05) is 31.2 Å². The van der Waals surface area contributed by atoms with Gasteiger partial charge >= 0.3 is 0 Å². The molecule has 0 radical (unpaired) electrons. The first-order valence-electron chi connectivity index (χ1n) is 4.59. The van der Waals surface area contributed by atoms with Crippen LogP contribution < -0.4 is 0 Å². The van der Waals surface area contributed by atoms with Gasteiger partial charge in [0.15, 0.2) is 5.78 Å². The molecule has 14 heavy (non-hydrogen) atoms. The van der Waals surface area contributed by atoms with Crippen LogP contribution >= 0.6 is 22.6 Å². The standard InChI is InChI=1S/C12H13IO/c1-3-9(2)7-12(14)10-5-4-6-11(13)8-10/h4-6,8H,2-3,7H2,1H3. The predicted octanol–water partition coefficient (Wildman–Crippen LogP) is 3.83. The largest absolute Gasteiger partial charge is 0.294 e. The zero-order chi connectivity index (χ0) is 10.6. The van der Waals surface area contributed by atoms with Crippen molar-refractivity contribution >= 4 is 28.4 Å². The third-order valence-corrected chi connectivity index (χ3v) is 2.73. The second kappa shape index (κ2) is 5.29. The minimum absolute atomic E-state index is 0.162. The molecule has 0 aliphatic carbocycles. The number of carbonyl (C=O) groups excluding carboxylic acids is 1. The second-order valence-corrected chi connectivity index (χ2v) is 4.46. The van der Waals surface area contributed by atoms with Crippen molar-refractivity contribution in [2.75, 3.05) is 0 Å². The van der Waals surface area contributed by atoms with Gasteiger partial charge in [0.05, 0.1) is 0 Å². The molecule has 0 unspecified atom stereocenters. The van der Waals surface area contributed by atoms with Gasteiger partial charge in [0.25, 0.3) is 0 Å². The Morgan fingerprint density at radius 3 is 2.79 bits per heavy atom. The van der Waals surface area contributed by atoms with E-state index in [4.69, 9.17) is 0 Å². The topological polar surface area (TPSA) is 17.1 Å². The Labute approximate surface area is 98.4 Å². The summed E-state index contributed by atoms with van der Waals surface area (Å²) in [6, 6.07) is 7.65. The van der Waals surface area contributed by atoms with Gasteiger partial charge in [-0.25, -0.2) is 0 Å². The van der Waals surface area contributed by atoms with Gasteiger partial charge in [-0.3, -0.25) is 4.79 Å². The van der Waals surface area contributed by atoms with Gasteiger partial charge in [-0.2, -0.15) is 0 Å². The predicted molar refractivity (Wildman–Crippen MR) is 67.5 cm³/mol. The van der Waals surface area contributed by atoms with Crippen molar-refractivity contribution in [3.8, 4) is 0 Å². The number of halogens is 1. The summed E-state index contributed by atoms with van der Waals surface area (Å²) in [5.41, 5.74) is 1.78. The van der Waals surface area contributed by atoms with E-state index in [0.717, 1.165) is 21.1 Å². The Kier molecular flexibility index (Phi) is 4.32. The monoisotopic (exact) mass is 300 g/mol. The Morgan fingerprint density at radius 1 is 1.50 bits per heavy atom. The lowest BCUT2D eigenvalue weighted by Crippen LogP contribution is -2.00. The molecular formula is C12H13IO. The highest BCUT2D eigenvalue weighted by molar-refractivity contribution is 14.1. The highest BCUT2D eigenvalue weighted by Crippen LogP contribution is 2.13. The molecule has 0 bridgehead atoms. The maximum Gasteiger partial charge on any atom is 0.166 e. The molecule has 0 aliphatic rings. The molecule has 0 heterocycles. The van der Waals surface area contributed by atoms with E-state index >= 15 is 0 Å². The third-order valence-electron chi connectivity index (χ3n) is 2.06. The number of rotatable bonds is 4. The minimum atomic E-state index is 0.162. The van der Waals surface area contributed by atoms with Crippen molar-refractivity contribution in [2.24, 2.45) is 0 Å². The van der Waals surface area contributed by atoms with Crippen molar-refractivity contribution in [2.45, 2.75) is 19.8 Å². The third kappa shape index (κ3) is 3.25. The number of hydrogen-bond donors (Lipinski definition) is 0. The second-order valence-electron chi connectivity index (χ2n) is 3.21. The minimum Gasteiger partial charge on any atom is -0.294 e. The molecule has 0 spiro atoms. The lowest BCUT2D eigenvalue weighted by Gasteiger charge is -2.02. The fourth-order valence-corrected chi connectivity index (χ4v) is 1.66. The van der Waals surface area contributed by atoms with Crippen molar-refractivity contribution < 1.29 is 4.79 Å². The Bertz CT molecular complexity index is 355. The number of allylic oxidation sites excluding steroid dienone is 1. The fourth-order valence-electron chi connectivity index (χ4n) is 1.12. The fraction of sp³-hybridized carbons (Fsp3) is 0.250. The van der Waals surface area contributed by atoms with E-state index in [1.165, 1.54) is 0 Å². The van der Waals surface area contributed by atoms with Gasteiger partial charge in [0.1, 0.15) is 0 Å². The van der Waals surface area contributed by atoms with E-state index in [1.54, 1.807) is 0 Å². The molecule has 2 heteroatoms. The first-order valence-corrected chi connectivity index (χ1v) is 5.66. The number of benzene rings is 1. The Balaban J connectivity index is 2.75. The van der Waals surface area contributed by atoms with Gasteiger partial charge < -0.3 is 0 Å². The number of carbonyl (C=O) groups is 1. The van der Waals surface area contributed by atoms with E-state index in [-0.39, 0.29) is 5.78 Å². The van der Waals surface area contributed by atoms with Crippen LogP contribution in [0.3, 0.4) is 0 Å². The summed E-state index contributed by atoms with van der Waals surface area (Å²) in [6.45, 7) is 5.86. The van der Waals surface area contributed by atoms with Gasteiger partial charge in [-0.05, 0) is 41.1 Å². The normalized spacial score (nSPS) is 9.86. The van der Waals surface area contributed by atoms with Crippen molar-refractivity contribution in [1.29, 1.82) is 0 Å². The highest BCUT2D eigenvalue weighted by atomic mass is 127. The van der Waals surface area contributed by atoms with E-state index in [2.05, 4.69) is 29.2 Å². The average Bonchev–Trinajstić information content (AvgIpc) is 2.17. The molecule has 0 atom stereocenters. The molecule has 0 saturated carbocycles. The van der Waals surface area contributed by atoms with Gasteiger partial charge in [0, 0.05) is 15.6 Å². The van der Waals surface area contributed by atoms with Crippen LogP contribution in [-0.4, -0.2) is 5.78 Å². The average molecular weight is 300 g/mol. The Hall–Kier alpha value is -0.640. The summed E-state index contributed by atoms with van der Waals surface area (Å²) in [4.78, 5) is 11.7. The quantitative estimate of drug-likeness (QED) is 0.469. The summed E-state index contributed by atoms with van der Waals surface area (Å²) < 4.78 is 1.09. The molecule has 0 fully saturated rings. The molecule has 1 nitrogen and oxygen atoms in total. The number of hydrogen-bond acceptors (Lipinski definition) is 1. The Morgan fingerprint density at radius 2 is 2.21 bits per heavy atom. The van der Waals surface area contributed by atoms with E-state index in [0.29, 0.717) is 6.42 Å². The van der Waals surface area contributed by atoms with Crippen LogP contribution in [0, 0.1) is 3.57 Å². The molecule has 1 aromatic carbocycles. The van der Waals surface area contributed by atoms with Crippen molar-refractivity contribution in [3.05, 3.63) is 45.6 Å². The summed E-state index contributed by atoms with van der Waals surface area (Å²) >= 11 is 2.21. The van der Waals surface area contributed by atoms with Crippen LogP contribution in [-0.2, 0) is 0 Å². The summed E-state index contributed by atoms with van der Waals surface area (Å²) in [5, 5.41) is 0. The highest BCUT2D eigenvalue weighted by Gasteiger charge is 2.06. The van der Waals surface area contributed by atoms with Crippen LogP contribution in [0.5, 0.6) is 0 Å². The molecule has 0 aromatic heterocycles. The molecule has 74 valence electrons. The van der Waals surface area contributed by atoms with Crippen LogP contribution in [0.15, 0.2) is 36.4 Å². The van der Waals surface area contributed by atoms with Crippen molar-refractivity contribution in [3.63, 3.8) is 0 Å². The van der Waals surface area contributed by atoms with Gasteiger partial charge in [-0.15, -0.1) is 0 Å². The summed E-state index contributed by atoms with van der Waals surface area (Å²) in [7, 11) is 0. The summed E-state index contributed by atoms with van der Waals surface area (Å²) in [6.07, 6.45) is 1.34. The maximum atomic E-state index is 11.7. The van der Waals surface area contributed by atoms with Crippen molar-refractivity contribution in [1.82, 2.24) is 0 Å². The molecule has 0 N–H and O–H groups in total. The zero-order valence-electron chi connectivity index (χ0n) is 8.22. The lowest BCUT2D eigenvalue weighted by atomic mass is 10.0. The van der Waals surface area contributed by atoms with Crippen LogP contribution in [0.4, 0.5) is 0 Å². The molecule has 0 amide bonds. The van der Waals surface area contributed by atoms with Gasteiger partial charge in [-0.1, -0.05) is 31.2 Å². The van der Waals surface area contributed by atoms with E-state index in [9.17, 15) is 4.79 Å². The summed E-state index contributed by atoms with van der Waals surface area (Å²) in [5.74, 6) is 0.162. The number of ketones is 1. The first kappa shape index (κ1) is 11.4.